The first kappa shape index (κ1) is 26.3. The molecule has 0 saturated carbocycles. The Labute approximate surface area is 172 Å². The van der Waals surface area contributed by atoms with Crippen LogP contribution in [0, 0.1) is 0 Å². The molecule has 0 aromatic heterocycles. The van der Waals surface area contributed by atoms with Crippen molar-refractivity contribution in [1.29, 1.82) is 0 Å². The van der Waals surface area contributed by atoms with Gasteiger partial charge in [-0.25, -0.2) is 9.59 Å². The first-order valence-electron chi connectivity index (χ1n) is 9.70. The molecule has 0 saturated heterocycles. The van der Waals surface area contributed by atoms with Crippen LogP contribution < -0.4 is 0 Å². The minimum absolute atomic E-state index is 0.304. The summed E-state index contributed by atoms with van der Waals surface area (Å²) in [6, 6.07) is 16.6. The Morgan fingerprint density at radius 1 is 0.793 bits per heavy atom. The Hall–Kier alpha value is -2.70. The molecule has 2 atom stereocenters. The van der Waals surface area contributed by atoms with Crippen molar-refractivity contribution in [2.45, 2.75) is 58.2 Å². The molecule has 29 heavy (non-hydrogen) atoms. The van der Waals surface area contributed by atoms with E-state index in [0.717, 1.165) is 12.8 Å². The Bertz CT molecular complexity index is 621. The molecule has 2 rings (SSSR count). The van der Waals surface area contributed by atoms with E-state index in [-0.39, 0.29) is 12.2 Å². The van der Waals surface area contributed by atoms with Crippen LogP contribution in [-0.4, -0.2) is 44.6 Å². The fourth-order valence-corrected chi connectivity index (χ4v) is 2.30. The molecule has 0 heterocycles. The lowest BCUT2D eigenvalue weighted by molar-refractivity contribution is 0.0686. The van der Waals surface area contributed by atoms with Gasteiger partial charge in [0, 0.05) is 0 Å². The second-order valence-corrected chi connectivity index (χ2v) is 6.58. The van der Waals surface area contributed by atoms with Crippen LogP contribution in [0.4, 0.5) is 0 Å². The summed E-state index contributed by atoms with van der Waals surface area (Å²) in [4.78, 5) is 20.4. The van der Waals surface area contributed by atoms with Crippen LogP contribution in [0.25, 0.3) is 0 Å². The largest absolute Gasteiger partial charge is 0.478 e. The summed E-state index contributed by atoms with van der Waals surface area (Å²) >= 11 is 0. The second kappa shape index (κ2) is 16.3. The number of hydrogen-bond acceptors (Lipinski definition) is 4. The summed E-state index contributed by atoms with van der Waals surface area (Å²) in [6.45, 7) is 3.85. The molecule has 0 bridgehead atoms. The second-order valence-electron chi connectivity index (χ2n) is 6.58. The quantitative estimate of drug-likeness (QED) is 0.483. The number of carboxylic acids is 2. The maximum Gasteiger partial charge on any atom is 0.335 e. The molecule has 160 valence electrons. The number of carbonyl (C=O) groups is 2. The van der Waals surface area contributed by atoms with E-state index < -0.39 is 11.9 Å². The minimum Gasteiger partial charge on any atom is -0.478 e. The summed E-state index contributed by atoms with van der Waals surface area (Å²) in [6.07, 6.45) is 4.11. The van der Waals surface area contributed by atoms with Gasteiger partial charge in [-0.3, -0.25) is 0 Å². The number of hydrogen-bond donors (Lipinski definition) is 4. The van der Waals surface area contributed by atoms with Crippen molar-refractivity contribution in [3.63, 3.8) is 0 Å². The molecule has 0 radical (unpaired) electrons. The summed E-state index contributed by atoms with van der Waals surface area (Å²) in [5.74, 6) is -1.76. The van der Waals surface area contributed by atoms with E-state index in [1.54, 1.807) is 67.6 Å². The molecule has 6 heteroatoms. The molecule has 2 aromatic rings. The molecule has 0 spiro atoms. The lowest BCUT2D eigenvalue weighted by atomic mass is 10.1. The number of aromatic carboxylic acids is 2. The van der Waals surface area contributed by atoms with Gasteiger partial charge >= 0.3 is 11.9 Å². The number of aliphatic hydroxyl groups excluding tert-OH is 2. The van der Waals surface area contributed by atoms with Gasteiger partial charge < -0.3 is 20.4 Å². The Morgan fingerprint density at radius 3 is 1.48 bits per heavy atom. The average molecular weight is 405 g/mol. The number of rotatable bonds is 8. The van der Waals surface area contributed by atoms with E-state index in [1.165, 1.54) is 12.8 Å². The molecule has 0 aliphatic heterocycles. The van der Waals surface area contributed by atoms with E-state index in [0.29, 0.717) is 17.5 Å². The van der Waals surface area contributed by atoms with Crippen LogP contribution >= 0.6 is 0 Å². The maximum absolute atomic E-state index is 10.2. The van der Waals surface area contributed by atoms with Gasteiger partial charge in [0.25, 0.3) is 0 Å². The van der Waals surface area contributed by atoms with E-state index in [4.69, 9.17) is 15.3 Å². The highest BCUT2D eigenvalue weighted by Crippen LogP contribution is 2.07. The van der Waals surface area contributed by atoms with Gasteiger partial charge in [-0.2, -0.15) is 0 Å². The van der Waals surface area contributed by atoms with Crippen LogP contribution in [0.1, 0.15) is 66.7 Å². The monoisotopic (exact) mass is 404 g/mol. The lowest BCUT2D eigenvalue weighted by Gasteiger charge is -2.11. The van der Waals surface area contributed by atoms with Crippen molar-refractivity contribution in [1.82, 2.24) is 0 Å². The van der Waals surface area contributed by atoms with E-state index >= 15 is 0 Å². The predicted octanol–water partition coefficient (Wildman–Crippen LogP) is 4.47. The molecule has 2 unspecified atom stereocenters. The molecule has 2 aromatic carbocycles. The van der Waals surface area contributed by atoms with Gasteiger partial charge in [0.1, 0.15) is 0 Å². The third-order valence-corrected chi connectivity index (χ3v) is 3.80. The summed E-state index contributed by atoms with van der Waals surface area (Å²) < 4.78 is 0. The zero-order chi connectivity index (χ0) is 22.1. The van der Waals surface area contributed by atoms with Crippen LogP contribution in [0.5, 0.6) is 0 Å². The van der Waals surface area contributed by atoms with Crippen LogP contribution in [0.3, 0.4) is 0 Å². The SMILES string of the molecule is CCCCCC(O)CC(C)O.O=C(O)c1ccccc1.O=C(O)c1ccccc1. The smallest absolute Gasteiger partial charge is 0.335 e. The van der Waals surface area contributed by atoms with E-state index in [1.807, 2.05) is 0 Å². The van der Waals surface area contributed by atoms with Crippen molar-refractivity contribution >= 4 is 11.9 Å². The zero-order valence-corrected chi connectivity index (χ0v) is 17.1. The standard InChI is InChI=1S/C9H20O2.2C7H6O2/c1-3-4-5-6-9(11)7-8(2)10;2*8-7(9)6-4-2-1-3-5-6/h8-11H,3-7H2,1-2H3;2*1-5H,(H,8,9). The zero-order valence-electron chi connectivity index (χ0n) is 17.1. The maximum atomic E-state index is 10.2. The Kier molecular flexibility index (Phi) is 14.8. The first-order chi connectivity index (χ1) is 13.8. The van der Waals surface area contributed by atoms with Crippen molar-refractivity contribution in [2.24, 2.45) is 0 Å². The van der Waals surface area contributed by atoms with Gasteiger partial charge in [-0.15, -0.1) is 0 Å². The molecule has 0 amide bonds. The molecular weight excluding hydrogens is 372 g/mol. The van der Waals surface area contributed by atoms with Crippen molar-refractivity contribution < 1.29 is 30.0 Å². The molecular formula is C23H32O6. The number of carboxylic acid groups (broad SMARTS) is 2. The molecule has 4 N–H and O–H groups in total. The third-order valence-electron chi connectivity index (χ3n) is 3.80. The summed E-state index contributed by atoms with van der Waals surface area (Å²) in [7, 11) is 0. The predicted molar refractivity (Wildman–Crippen MR) is 113 cm³/mol. The van der Waals surface area contributed by atoms with Crippen molar-refractivity contribution in [2.75, 3.05) is 0 Å². The third kappa shape index (κ3) is 15.0. The molecule has 0 fully saturated rings. The number of aliphatic hydroxyl groups is 2. The van der Waals surface area contributed by atoms with Crippen LogP contribution in [0.15, 0.2) is 60.7 Å². The molecule has 6 nitrogen and oxygen atoms in total. The highest BCUT2D eigenvalue weighted by molar-refractivity contribution is 5.87. The Morgan fingerprint density at radius 2 is 1.21 bits per heavy atom. The van der Waals surface area contributed by atoms with Crippen molar-refractivity contribution in [3.8, 4) is 0 Å². The fraction of sp³-hybridized carbons (Fsp3) is 0.391. The topological polar surface area (TPSA) is 115 Å². The minimum atomic E-state index is -0.879. The van der Waals surface area contributed by atoms with Gasteiger partial charge in [-0.1, -0.05) is 62.6 Å². The van der Waals surface area contributed by atoms with E-state index in [2.05, 4.69) is 6.92 Å². The van der Waals surface area contributed by atoms with Gasteiger partial charge in [0.2, 0.25) is 0 Å². The number of unbranched alkanes of at least 4 members (excludes halogenated alkanes) is 2. The highest BCUT2D eigenvalue weighted by atomic mass is 16.4. The Balaban J connectivity index is 0.000000408. The average Bonchev–Trinajstić information content (AvgIpc) is 2.70. The lowest BCUT2D eigenvalue weighted by Crippen LogP contribution is -2.14. The van der Waals surface area contributed by atoms with Crippen LogP contribution in [0.2, 0.25) is 0 Å². The normalized spacial score (nSPS) is 11.7. The van der Waals surface area contributed by atoms with Gasteiger partial charge in [-0.05, 0) is 44.0 Å². The first-order valence-corrected chi connectivity index (χ1v) is 9.70. The highest BCUT2D eigenvalue weighted by Gasteiger charge is 2.06. The molecule has 0 aliphatic rings. The van der Waals surface area contributed by atoms with Crippen LogP contribution in [-0.2, 0) is 0 Å². The van der Waals surface area contributed by atoms with Crippen molar-refractivity contribution in [3.05, 3.63) is 71.8 Å². The number of benzene rings is 2. The summed E-state index contributed by atoms with van der Waals surface area (Å²) in [5, 5.41) is 35.0. The fourth-order valence-electron chi connectivity index (χ4n) is 2.30. The van der Waals surface area contributed by atoms with E-state index in [9.17, 15) is 14.7 Å². The van der Waals surface area contributed by atoms with Gasteiger partial charge in [0.15, 0.2) is 0 Å². The van der Waals surface area contributed by atoms with Gasteiger partial charge in [0.05, 0.1) is 23.3 Å². The summed E-state index contributed by atoms with van der Waals surface area (Å²) in [5.41, 5.74) is 0.662. The molecule has 0 aliphatic carbocycles.